The predicted octanol–water partition coefficient (Wildman–Crippen LogP) is 2.92. The SMILES string of the molecule is CCN(C(=O)c1cc(C)ccc1-n1nccn1)[C@@H](C)Cn1nnc(-c2ccc(F)cc2)n1. The molecule has 32 heavy (non-hydrogen) atoms. The normalized spacial score (nSPS) is 12.0. The maximum Gasteiger partial charge on any atom is 0.256 e. The fourth-order valence-corrected chi connectivity index (χ4v) is 3.52. The zero-order chi connectivity index (χ0) is 22.7. The molecule has 1 atom stereocenters. The van der Waals surface area contributed by atoms with Gasteiger partial charge in [0, 0.05) is 12.1 Å². The summed E-state index contributed by atoms with van der Waals surface area (Å²) in [6.07, 6.45) is 3.15. The van der Waals surface area contributed by atoms with E-state index >= 15 is 0 Å². The number of carbonyl (C=O) groups excluding carboxylic acids is 1. The molecule has 0 unspecified atom stereocenters. The van der Waals surface area contributed by atoms with E-state index in [-0.39, 0.29) is 17.8 Å². The Hall–Kier alpha value is -3.95. The molecular weight excluding hydrogens is 411 g/mol. The first kappa shape index (κ1) is 21.3. The number of amides is 1. The summed E-state index contributed by atoms with van der Waals surface area (Å²) in [5.74, 6) is -0.0557. The molecule has 4 rings (SSSR count). The number of halogens is 1. The Morgan fingerprint density at radius 2 is 1.84 bits per heavy atom. The van der Waals surface area contributed by atoms with E-state index in [0.717, 1.165) is 5.56 Å². The lowest BCUT2D eigenvalue weighted by molar-refractivity contribution is 0.0680. The minimum atomic E-state index is -0.326. The van der Waals surface area contributed by atoms with E-state index in [2.05, 4.69) is 25.6 Å². The van der Waals surface area contributed by atoms with Crippen molar-refractivity contribution in [3.05, 3.63) is 71.8 Å². The lowest BCUT2D eigenvalue weighted by Gasteiger charge is -2.28. The summed E-state index contributed by atoms with van der Waals surface area (Å²) in [7, 11) is 0. The van der Waals surface area contributed by atoms with Crippen molar-refractivity contribution in [1.82, 2.24) is 40.1 Å². The molecule has 0 spiro atoms. The molecule has 9 nitrogen and oxygen atoms in total. The van der Waals surface area contributed by atoms with Gasteiger partial charge in [0.05, 0.1) is 36.2 Å². The highest BCUT2D eigenvalue weighted by molar-refractivity contribution is 5.98. The summed E-state index contributed by atoms with van der Waals surface area (Å²) >= 11 is 0. The molecule has 2 heterocycles. The van der Waals surface area contributed by atoms with Gasteiger partial charge in [-0.15, -0.1) is 10.2 Å². The van der Waals surface area contributed by atoms with Gasteiger partial charge >= 0.3 is 0 Å². The largest absolute Gasteiger partial charge is 0.334 e. The van der Waals surface area contributed by atoms with E-state index in [9.17, 15) is 9.18 Å². The number of benzene rings is 2. The predicted molar refractivity (Wildman–Crippen MR) is 115 cm³/mol. The highest BCUT2D eigenvalue weighted by Crippen LogP contribution is 2.19. The fraction of sp³-hybridized carbons (Fsp3) is 0.273. The Morgan fingerprint density at radius 1 is 1.12 bits per heavy atom. The maximum atomic E-state index is 13.5. The van der Waals surface area contributed by atoms with Crippen LogP contribution >= 0.6 is 0 Å². The quantitative estimate of drug-likeness (QED) is 0.444. The molecule has 0 fully saturated rings. The number of nitrogens with zero attached hydrogens (tertiary/aromatic N) is 8. The van der Waals surface area contributed by atoms with Gasteiger partial charge in [-0.2, -0.15) is 19.8 Å². The van der Waals surface area contributed by atoms with Crippen molar-refractivity contribution in [3.63, 3.8) is 0 Å². The van der Waals surface area contributed by atoms with Crippen LogP contribution in [0.1, 0.15) is 29.8 Å². The van der Waals surface area contributed by atoms with Gasteiger partial charge in [0.2, 0.25) is 5.82 Å². The topological polar surface area (TPSA) is 94.6 Å². The van der Waals surface area contributed by atoms with Crippen LogP contribution in [0.15, 0.2) is 54.9 Å². The van der Waals surface area contributed by atoms with E-state index in [0.29, 0.717) is 35.7 Å². The number of aryl methyl sites for hydroxylation is 1. The summed E-state index contributed by atoms with van der Waals surface area (Å²) in [4.78, 5) is 18.1. The number of aromatic nitrogens is 7. The van der Waals surface area contributed by atoms with E-state index < -0.39 is 0 Å². The molecule has 1 amide bonds. The van der Waals surface area contributed by atoms with Crippen LogP contribution in [0.3, 0.4) is 0 Å². The first-order valence-electron chi connectivity index (χ1n) is 10.3. The third-order valence-electron chi connectivity index (χ3n) is 5.13. The van der Waals surface area contributed by atoms with Crippen molar-refractivity contribution >= 4 is 5.91 Å². The average Bonchev–Trinajstić information content (AvgIpc) is 3.47. The van der Waals surface area contributed by atoms with Gasteiger partial charge in [-0.3, -0.25) is 4.79 Å². The fourth-order valence-electron chi connectivity index (χ4n) is 3.52. The molecule has 0 aliphatic heterocycles. The van der Waals surface area contributed by atoms with Crippen molar-refractivity contribution in [2.45, 2.75) is 33.4 Å². The number of hydrogen-bond donors (Lipinski definition) is 0. The van der Waals surface area contributed by atoms with E-state index in [4.69, 9.17) is 0 Å². The van der Waals surface area contributed by atoms with Crippen LogP contribution in [0.25, 0.3) is 17.1 Å². The van der Waals surface area contributed by atoms with Crippen molar-refractivity contribution < 1.29 is 9.18 Å². The lowest BCUT2D eigenvalue weighted by atomic mass is 10.1. The lowest BCUT2D eigenvalue weighted by Crippen LogP contribution is -2.41. The van der Waals surface area contributed by atoms with Crippen LogP contribution < -0.4 is 0 Å². The van der Waals surface area contributed by atoms with Gasteiger partial charge in [0.25, 0.3) is 5.91 Å². The second kappa shape index (κ2) is 9.04. The van der Waals surface area contributed by atoms with Gasteiger partial charge < -0.3 is 4.90 Å². The molecule has 4 aromatic rings. The molecule has 164 valence electrons. The Balaban J connectivity index is 1.55. The summed E-state index contributed by atoms with van der Waals surface area (Å²) in [5, 5.41) is 20.9. The van der Waals surface area contributed by atoms with Crippen molar-refractivity contribution in [1.29, 1.82) is 0 Å². The molecule has 0 saturated heterocycles. The second-order valence-corrected chi connectivity index (χ2v) is 7.45. The summed E-state index contributed by atoms with van der Waals surface area (Å²) in [5.41, 5.74) is 2.78. The second-order valence-electron chi connectivity index (χ2n) is 7.45. The molecule has 0 saturated carbocycles. The third-order valence-corrected chi connectivity index (χ3v) is 5.13. The van der Waals surface area contributed by atoms with Crippen molar-refractivity contribution in [3.8, 4) is 17.1 Å². The zero-order valence-electron chi connectivity index (χ0n) is 18.1. The van der Waals surface area contributed by atoms with Crippen LogP contribution in [-0.2, 0) is 6.54 Å². The number of hydrogen-bond acceptors (Lipinski definition) is 6. The van der Waals surface area contributed by atoms with Gasteiger partial charge in [-0.05, 0) is 62.4 Å². The maximum absolute atomic E-state index is 13.5. The molecule has 10 heteroatoms. The standard InChI is InChI=1S/C22H23FN8O/c1-4-29(22(32)19-13-15(2)5-10-20(19)31-24-11-12-25-31)16(3)14-30-27-21(26-28-30)17-6-8-18(23)9-7-17/h5-13,16H,4,14H2,1-3H3/t16-/m0/s1. The number of likely N-dealkylation sites (N-methyl/N-ethyl adjacent to an activating group) is 1. The minimum Gasteiger partial charge on any atom is -0.334 e. The zero-order valence-corrected chi connectivity index (χ0v) is 18.1. The number of carbonyl (C=O) groups is 1. The van der Waals surface area contributed by atoms with Gasteiger partial charge in [-0.1, -0.05) is 11.6 Å². The van der Waals surface area contributed by atoms with E-state index in [1.807, 2.05) is 39.0 Å². The highest BCUT2D eigenvalue weighted by Gasteiger charge is 2.24. The Morgan fingerprint density at radius 3 is 2.53 bits per heavy atom. The first-order chi connectivity index (χ1) is 15.5. The van der Waals surface area contributed by atoms with Crippen molar-refractivity contribution in [2.24, 2.45) is 0 Å². The molecular formula is C22H23FN8O. The Bertz CT molecular complexity index is 1200. The number of tetrazole rings is 1. The summed E-state index contributed by atoms with van der Waals surface area (Å²) in [6.45, 7) is 6.65. The number of rotatable bonds is 7. The highest BCUT2D eigenvalue weighted by atomic mass is 19.1. The van der Waals surface area contributed by atoms with Crippen LogP contribution in [0, 0.1) is 12.7 Å². The summed E-state index contributed by atoms with van der Waals surface area (Å²) in [6, 6.07) is 11.3. The molecule has 0 bridgehead atoms. The monoisotopic (exact) mass is 434 g/mol. The molecule has 0 aliphatic rings. The molecule has 2 aromatic heterocycles. The molecule has 0 aliphatic carbocycles. The summed E-state index contributed by atoms with van der Waals surface area (Å²) < 4.78 is 13.2. The van der Waals surface area contributed by atoms with Gasteiger partial charge in [0.1, 0.15) is 5.82 Å². The molecule has 0 radical (unpaired) electrons. The molecule has 2 aromatic carbocycles. The average molecular weight is 434 g/mol. The van der Waals surface area contributed by atoms with E-state index in [1.165, 1.54) is 21.7 Å². The van der Waals surface area contributed by atoms with Crippen LogP contribution in [-0.4, -0.2) is 58.6 Å². The van der Waals surface area contributed by atoms with Gasteiger partial charge in [-0.25, -0.2) is 4.39 Å². The van der Waals surface area contributed by atoms with E-state index in [1.54, 1.807) is 29.4 Å². The molecule has 0 N–H and O–H groups in total. The Labute approximate surface area is 184 Å². The van der Waals surface area contributed by atoms with Gasteiger partial charge in [0.15, 0.2) is 0 Å². The van der Waals surface area contributed by atoms with Crippen molar-refractivity contribution in [2.75, 3.05) is 6.54 Å². The Kier molecular flexibility index (Phi) is 6.02. The smallest absolute Gasteiger partial charge is 0.256 e. The van der Waals surface area contributed by atoms with Crippen LogP contribution in [0.4, 0.5) is 4.39 Å². The van der Waals surface area contributed by atoms with Crippen LogP contribution in [0.5, 0.6) is 0 Å². The first-order valence-corrected chi connectivity index (χ1v) is 10.3. The van der Waals surface area contributed by atoms with Crippen LogP contribution in [0.2, 0.25) is 0 Å². The minimum absolute atomic E-state index is 0.130. The third kappa shape index (κ3) is 4.39.